The highest BCUT2D eigenvalue weighted by molar-refractivity contribution is 5.38. The summed E-state index contributed by atoms with van der Waals surface area (Å²) in [6, 6.07) is 8.85. The standard InChI is InChI=1S/C40H55N5O3/c1-24(2)35-15-33(44-47-35)22-41-40-19-29-11-31(20-40)34(32(12-29)21-40)7-6-30-5-4-25(13-36(30)46-3)14-38-43-37(45-48-38)23-42-39-16-26-8-27(17-39)10-28(9-26)18-39/h4-5,13,15,24,26-29,31-32,34,41-42H,6-12,14,16-23H2,1-3H3. The van der Waals surface area contributed by atoms with Crippen molar-refractivity contribution in [2.75, 3.05) is 7.11 Å². The van der Waals surface area contributed by atoms with Gasteiger partial charge in [-0.3, -0.25) is 0 Å². The Labute approximate surface area is 285 Å². The van der Waals surface area contributed by atoms with Crippen LogP contribution in [0, 0.1) is 41.4 Å². The Hall–Kier alpha value is -2.71. The molecular weight excluding hydrogens is 598 g/mol. The van der Waals surface area contributed by atoms with E-state index in [2.05, 4.69) is 59.1 Å². The molecule has 2 atom stereocenters. The summed E-state index contributed by atoms with van der Waals surface area (Å²) in [6.07, 6.45) is 18.1. The van der Waals surface area contributed by atoms with Gasteiger partial charge in [-0.15, -0.1) is 0 Å². The quantitative estimate of drug-likeness (QED) is 0.193. The van der Waals surface area contributed by atoms with Crippen LogP contribution in [-0.2, 0) is 25.9 Å². The molecule has 2 heterocycles. The molecule has 2 unspecified atom stereocenters. The summed E-state index contributed by atoms with van der Waals surface area (Å²) < 4.78 is 17.3. The minimum atomic E-state index is 0.281. The Morgan fingerprint density at radius 1 is 0.812 bits per heavy atom. The van der Waals surface area contributed by atoms with Crippen LogP contribution in [0.2, 0.25) is 0 Å². The fraction of sp³-hybridized carbons (Fsp3) is 0.725. The number of ether oxygens (including phenoxy) is 1. The molecule has 8 heteroatoms. The molecule has 0 amide bonds. The van der Waals surface area contributed by atoms with Gasteiger partial charge in [0.25, 0.3) is 0 Å². The number of aryl methyl sites for hydroxylation is 1. The Kier molecular flexibility index (Phi) is 7.99. The lowest BCUT2D eigenvalue weighted by Crippen LogP contribution is -2.61. The van der Waals surface area contributed by atoms with Crippen molar-refractivity contribution >= 4 is 0 Å². The third kappa shape index (κ3) is 6.03. The largest absolute Gasteiger partial charge is 0.496 e. The predicted octanol–water partition coefficient (Wildman–Crippen LogP) is 7.76. The monoisotopic (exact) mass is 653 g/mol. The molecule has 8 saturated carbocycles. The van der Waals surface area contributed by atoms with E-state index in [0.29, 0.717) is 30.3 Å². The van der Waals surface area contributed by atoms with Gasteiger partial charge >= 0.3 is 0 Å². The van der Waals surface area contributed by atoms with Gasteiger partial charge < -0.3 is 24.4 Å². The highest BCUT2D eigenvalue weighted by Gasteiger charge is 2.55. The minimum absolute atomic E-state index is 0.281. The summed E-state index contributed by atoms with van der Waals surface area (Å²) in [6.45, 7) is 5.85. The third-order valence-corrected chi connectivity index (χ3v) is 13.9. The summed E-state index contributed by atoms with van der Waals surface area (Å²) >= 11 is 0. The molecule has 0 saturated heterocycles. The zero-order valence-corrected chi connectivity index (χ0v) is 29.3. The summed E-state index contributed by atoms with van der Waals surface area (Å²) in [4.78, 5) is 4.79. The van der Waals surface area contributed by atoms with Crippen LogP contribution in [0.5, 0.6) is 5.75 Å². The van der Waals surface area contributed by atoms with Gasteiger partial charge in [-0.1, -0.05) is 36.3 Å². The maximum atomic E-state index is 5.95. The van der Waals surface area contributed by atoms with Crippen molar-refractivity contribution in [1.82, 2.24) is 25.9 Å². The van der Waals surface area contributed by atoms with Gasteiger partial charge in [0, 0.05) is 29.6 Å². The fourth-order valence-electron chi connectivity index (χ4n) is 12.4. The lowest BCUT2D eigenvalue weighted by Gasteiger charge is -2.60. The maximum Gasteiger partial charge on any atom is 0.231 e. The second kappa shape index (κ2) is 12.3. The van der Waals surface area contributed by atoms with Gasteiger partial charge in [0.1, 0.15) is 11.5 Å². The van der Waals surface area contributed by atoms with Gasteiger partial charge in [0.05, 0.1) is 25.8 Å². The number of benzene rings is 1. The molecule has 258 valence electrons. The van der Waals surface area contributed by atoms with Crippen LogP contribution < -0.4 is 15.4 Å². The van der Waals surface area contributed by atoms with Crippen LogP contribution in [0.15, 0.2) is 33.3 Å². The molecule has 0 spiro atoms. The molecule has 8 aliphatic rings. The molecular formula is C40H55N5O3. The first-order chi connectivity index (χ1) is 23.3. The molecule has 11 rings (SSSR count). The normalized spacial score (nSPS) is 36.0. The Bertz CT molecular complexity index is 1560. The molecule has 0 radical (unpaired) electrons. The zero-order chi connectivity index (χ0) is 32.5. The second-order valence-electron chi connectivity index (χ2n) is 17.7. The number of hydrogen-bond acceptors (Lipinski definition) is 8. The van der Waals surface area contributed by atoms with Gasteiger partial charge in [-0.05, 0) is 142 Å². The Morgan fingerprint density at radius 3 is 2.15 bits per heavy atom. The first-order valence-electron chi connectivity index (χ1n) is 19.2. The first kappa shape index (κ1) is 31.3. The number of hydrogen-bond donors (Lipinski definition) is 2. The van der Waals surface area contributed by atoms with E-state index in [1.54, 1.807) is 7.11 Å². The van der Waals surface area contributed by atoms with Crippen molar-refractivity contribution in [2.24, 2.45) is 41.4 Å². The fourth-order valence-corrected chi connectivity index (χ4v) is 12.4. The first-order valence-corrected chi connectivity index (χ1v) is 19.2. The number of rotatable bonds is 13. The molecule has 1 aromatic carbocycles. The average Bonchev–Trinajstić information content (AvgIpc) is 3.72. The molecule has 8 bridgehead atoms. The number of nitrogens with zero attached hydrogens (tertiary/aromatic N) is 3. The van der Waals surface area contributed by atoms with Crippen LogP contribution in [0.4, 0.5) is 0 Å². The van der Waals surface area contributed by atoms with Crippen molar-refractivity contribution in [3.05, 3.63) is 58.6 Å². The van der Waals surface area contributed by atoms with Crippen molar-refractivity contribution in [1.29, 1.82) is 0 Å². The van der Waals surface area contributed by atoms with Crippen molar-refractivity contribution in [3.8, 4) is 5.75 Å². The molecule has 2 N–H and O–H groups in total. The third-order valence-electron chi connectivity index (χ3n) is 13.9. The summed E-state index contributed by atoms with van der Waals surface area (Å²) in [5, 5.41) is 16.6. The van der Waals surface area contributed by atoms with Crippen LogP contribution in [0.3, 0.4) is 0 Å². The van der Waals surface area contributed by atoms with E-state index < -0.39 is 0 Å². The van der Waals surface area contributed by atoms with Gasteiger partial charge in [0.15, 0.2) is 5.82 Å². The lowest BCUT2D eigenvalue weighted by molar-refractivity contribution is -0.0698. The second-order valence-corrected chi connectivity index (χ2v) is 17.7. The summed E-state index contributed by atoms with van der Waals surface area (Å²) in [5.74, 6) is 9.95. The maximum absolute atomic E-state index is 5.95. The van der Waals surface area contributed by atoms with Crippen LogP contribution in [0.25, 0.3) is 0 Å². The number of aromatic nitrogens is 3. The van der Waals surface area contributed by atoms with Gasteiger partial charge in [-0.2, -0.15) is 4.98 Å². The van der Waals surface area contributed by atoms with Crippen LogP contribution in [-0.4, -0.2) is 33.5 Å². The smallest absolute Gasteiger partial charge is 0.231 e. The number of nitrogens with one attached hydrogen (secondary N) is 2. The zero-order valence-electron chi connectivity index (χ0n) is 29.3. The van der Waals surface area contributed by atoms with E-state index in [1.807, 2.05) is 0 Å². The topological polar surface area (TPSA) is 98.2 Å². The van der Waals surface area contributed by atoms with Crippen molar-refractivity contribution in [3.63, 3.8) is 0 Å². The minimum Gasteiger partial charge on any atom is -0.496 e. The molecule has 0 aliphatic heterocycles. The molecule has 2 aromatic heterocycles. The Morgan fingerprint density at radius 2 is 1.48 bits per heavy atom. The van der Waals surface area contributed by atoms with E-state index in [9.17, 15) is 0 Å². The van der Waals surface area contributed by atoms with E-state index in [0.717, 1.165) is 83.0 Å². The average molecular weight is 654 g/mol. The summed E-state index contributed by atoms with van der Waals surface area (Å²) in [7, 11) is 1.81. The molecule has 3 aromatic rings. The van der Waals surface area contributed by atoms with Crippen molar-refractivity contribution in [2.45, 2.75) is 134 Å². The summed E-state index contributed by atoms with van der Waals surface area (Å²) in [5.41, 5.74) is 4.12. The molecule has 8 fully saturated rings. The van der Waals surface area contributed by atoms with E-state index in [-0.39, 0.29) is 5.54 Å². The van der Waals surface area contributed by atoms with Crippen molar-refractivity contribution < 1.29 is 13.8 Å². The molecule has 8 nitrogen and oxygen atoms in total. The van der Waals surface area contributed by atoms with E-state index >= 15 is 0 Å². The number of methoxy groups -OCH3 is 1. The SMILES string of the molecule is COc1cc(Cc2nc(CNC34CC5CC(CC(C5)C3)C4)no2)ccc1CCC1C2CC3CC1CC(NCc1cc(C(C)C)on1)(C3)C2. The highest BCUT2D eigenvalue weighted by Crippen LogP contribution is 2.59. The molecule has 48 heavy (non-hydrogen) atoms. The predicted molar refractivity (Wildman–Crippen MR) is 183 cm³/mol. The van der Waals surface area contributed by atoms with Gasteiger partial charge in [0.2, 0.25) is 5.89 Å². The van der Waals surface area contributed by atoms with Gasteiger partial charge in [-0.25, -0.2) is 0 Å². The lowest BCUT2D eigenvalue weighted by atomic mass is 9.48. The Balaban J connectivity index is 0.791. The van der Waals surface area contributed by atoms with E-state index in [1.165, 1.54) is 82.6 Å². The van der Waals surface area contributed by atoms with Crippen LogP contribution in [0.1, 0.15) is 131 Å². The highest BCUT2D eigenvalue weighted by atomic mass is 16.5. The van der Waals surface area contributed by atoms with E-state index in [4.69, 9.17) is 18.8 Å². The molecule has 8 aliphatic carbocycles. The van der Waals surface area contributed by atoms with Crippen LogP contribution >= 0.6 is 0 Å².